The highest BCUT2D eigenvalue weighted by molar-refractivity contribution is 7.17. The molecule has 2 N–H and O–H groups in total. The monoisotopic (exact) mass is 386 g/mol. The first-order valence-corrected chi connectivity index (χ1v) is 9.94. The van der Waals surface area contributed by atoms with E-state index in [1.54, 1.807) is 22.7 Å². The molecule has 26 heavy (non-hydrogen) atoms. The second-order valence-electron chi connectivity index (χ2n) is 6.03. The zero-order valence-electron chi connectivity index (χ0n) is 14.4. The van der Waals surface area contributed by atoms with E-state index in [4.69, 9.17) is 0 Å². The maximum atomic E-state index is 12.3. The lowest BCUT2D eigenvalue weighted by molar-refractivity contribution is 0.0920. The van der Waals surface area contributed by atoms with Crippen LogP contribution in [0.3, 0.4) is 0 Å². The number of thiophene rings is 2. The van der Waals surface area contributed by atoms with E-state index in [0.717, 1.165) is 20.4 Å². The van der Waals surface area contributed by atoms with Crippen molar-refractivity contribution in [3.8, 4) is 0 Å². The number of hydrogen-bond donors (Lipinski definition) is 2. The fourth-order valence-electron chi connectivity index (χ4n) is 3.07. The summed E-state index contributed by atoms with van der Waals surface area (Å²) in [7, 11) is 3.76. The first kappa shape index (κ1) is 16.9. The Morgan fingerprint density at radius 2 is 1.27 bits per heavy atom. The molecule has 2 amide bonds. The van der Waals surface area contributed by atoms with E-state index in [-0.39, 0.29) is 11.8 Å². The summed E-state index contributed by atoms with van der Waals surface area (Å²) in [5.41, 5.74) is 3.36. The molecule has 8 heteroatoms. The van der Waals surface area contributed by atoms with Crippen molar-refractivity contribution in [2.24, 2.45) is 14.1 Å². The van der Waals surface area contributed by atoms with Crippen LogP contribution in [-0.4, -0.2) is 34.0 Å². The van der Waals surface area contributed by atoms with E-state index in [1.807, 2.05) is 58.3 Å². The molecule has 0 aromatic carbocycles. The highest BCUT2D eigenvalue weighted by Crippen LogP contribution is 2.24. The van der Waals surface area contributed by atoms with Crippen molar-refractivity contribution in [2.45, 2.75) is 0 Å². The Bertz CT molecular complexity index is 1030. The lowest BCUT2D eigenvalue weighted by Gasteiger charge is -2.08. The van der Waals surface area contributed by atoms with Crippen LogP contribution in [0.2, 0.25) is 0 Å². The molecule has 0 aliphatic rings. The molecule has 0 aliphatic carbocycles. The van der Waals surface area contributed by atoms with E-state index < -0.39 is 0 Å². The highest BCUT2D eigenvalue weighted by atomic mass is 32.1. The predicted octanol–water partition coefficient (Wildman–Crippen LogP) is 2.95. The van der Waals surface area contributed by atoms with Gasteiger partial charge in [0.25, 0.3) is 11.8 Å². The van der Waals surface area contributed by atoms with Crippen molar-refractivity contribution in [1.29, 1.82) is 0 Å². The summed E-state index contributed by atoms with van der Waals surface area (Å²) in [4.78, 5) is 24.7. The van der Waals surface area contributed by atoms with E-state index >= 15 is 0 Å². The second-order valence-corrected chi connectivity index (χ2v) is 7.92. The summed E-state index contributed by atoms with van der Waals surface area (Å²) >= 11 is 3.23. The molecule has 0 aliphatic heterocycles. The predicted molar refractivity (Wildman–Crippen MR) is 106 cm³/mol. The number of amides is 2. The third-order valence-electron chi connectivity index (χ3n) is 4.49. The first-order valence-electron chi connectivity index (χ1n) is 8.18. The highest BCUT2D eigenvalue weighted by Gasteiger charge is 2.15. The average Bonchev–Trinajstić information content (AvgIpc) is 3.36. The van der Waals surface area contributed by atoms with E-state index in [2.05, 4.69) is 10.6 Å². The molecule has 0 radical (unpaired) electrons. The fourth-order valence-corrected chi connectivity index (χ4v) is 4.77. The number of fused-ring (bicyclic) bond motifs is 2. The molecular weight excluding hydrogens is 368 g/mol. The Labute approximate surface area is 158 Å². The largest absolute Gasteiger partial charge is 0.349 e. The van der Waals surface area contributed by atoms with Gasteiger partial charge >= 0.3 is 0 Å². The molecule has 134 valence electrons. The smallest absolute Gasteiger partial charge is 0.268 e. The summed E-state index contributed by atoms with van der Waals surface area (Å²) in [6, 6.07) is 7.79. The van der Waals surface area contributed by atoms with Crippen molar-refractivity contribution in [2.75, 3.05) is 13.1 Å². The van der Waals surface area contributed by atoms with Crippen LogP contribution in [0, 0.1) is 0 Å². The Hall–Kier alpha value is -2.58. The Kier molecular flexibility index (Phi) is 4.29. The maximum Gasteiger partial charge on any atom is 0.268 e. The number of aryl methyl sites for hydroxylation is 2. The molecule has 4 rings (SSSR count). The zero-order chi connectivity index (χ0) is 18.3. The van der Waals surface area contributed by atoms with Gasteiger partial charge in [-0.2, -0.15) is 0 Å². The van der Waals surface area contributed by atoms with Crippen LogP contribution in [0.5, 0.6) is 0 Å². The zero-order valence-corrected chi connectivity index (χ0v) is 16.0. The van der Waals surface area contributed by atoms with E-state index in [9.17, 15) is 9.59 Å². The number of hydrogen-bond acceptors (Lipinski definition) is 4. The van der Waals surface area contributed by atoms with Crippen LogP contribution in [0.4, 0.5) is 0 Å². The number of nitrogens with zero attached hydrogens (tertiary/aromatic N) is 2. The molecule has 0 spiro atoms. The summed E-state index contributed by atoms with van der Waals surface area (Å²) < 4.78 is 5.96. The van der Waals surface area contributed by atoms with Crippen LogP contribution in [-0.2, 0) is 14.1 Å². The standard InChI is InChI=1S/C18H18N4O2S2/c1-21-11-3-7-25-15(11)9-13(21)17(23)19-5-6-20-18(24)14-10-16-12(22(14)2)4-8-26-16/h3-4,7-10H,5-6H2,1-2H3,(H,19,23)(H,20,24). The lowest BCUT2D eigenvalue weighted by Crippen LogP contribution is -2.35. The quantitative estimate of drug-likeness (QED) is 0.518. The van der Waals surface area contributed by atoms with Gasteiger partial charge in [0.15, 0.2) is 0 Å². The van der Waals surface area contributed by atoms with Gasteiger partial charge in [0.1, 0.15) is 11.4 Å². The average molecular weight is 387 g/mol. The van der Waals surface area contributed by atoms with Crippen molar-refractivity contribution < 1.29 is 9.59 Å². The molecule has 0 fully saturated rings. The van der Waals surface area contributed by atoms with Gasteiger partial charge < -0.3 is 19.8 Å². The third-order valence-corrected chi connectivity index (χ3v) is 6.20. The van der Waals surface area contributed by atoms with Gasteiger partial charge in [0.2, 0.25) is 0 Å². The van der Waals surface area contributed by atoms with Crippen LogP contribution in [0.15, 0.2) is 35.0 Å². The molecule has 0 bridgehead atoms. The van der Waals surface area contributed by atoms with Crippen LogP contribution in [0.1, 0.15) is 21.0 Å². The number of carbonyl (C=O) groups is 2. The van der Waals surface area contributed by atoms with Gasteiger partial charge in [-0.3, -0.25) is 9.59 Å². The van der Waals surface area contributed by atoms with Gasteiger partial charge in [-0.15, -0.1) is 22.7 Å². The van der Waals surface area contributed by atoms with Crippen molar-refractivity contribution in [1.82, 2.24) is 19.8 Å². The fraction of sp³-hybridized carbons (Fsp3) is 0.222. The molecule has 0 atom stereocenters. The second kappa shape index (κ2) is 6.62. The summed E-state index contributed by atoms with van der Waals surface area (Å²) in [6.45, 7) is 0.754. The molecule has 0 saturated heterocycles. The van der Waals surface area contributed by atoms with Crippen LogP contribution < -0.4 is 10.6 Å². The van der Waals surface area contributed by atoms with Crippen molar-refractivity contribution >= 4 is 54.9 Å². The third kappa shape index (κ3) is 2.81. The molecule has 0 unspecified atom stereocenters. The van der Waals surface area contributed by atoms with Crippen molar-refractivity contribution in [3.63, 3.8) is 0 Å². The summed E-state index contributed by atoms with van der Waals surface area (Å²) in [6.07, 6.45) is 0. The van der Waals surface area contributed by atoms with Crippen molar-refractivity contribution in [3.05, 3.63) is 46.4 Å². The van der Waals surface area contributed by atoms with Gasteiger partial charge in [-0.1, -0.05) is 0 Å². The Balaban J connectivity index is 1.33. The number of carbonyl (C=O) groups excluding carboxylic acids is 2. The minimum absolute atomic E-state index is 0.135. The van der Waals surface area contributed by atoms with Gasteiger partial charge in [0.05, 0.1) is 20.4 Å². The molecular formula is C18H18N4O2S2. The van der Waals surface area contributed by atoms with Crippen LogP contribution in [0.25, 0.3) is 20.4 Å². The Morgan fingerprint density at radius 1 is 0.846 bits per heavy atom. The topological polar surface area (TPSA) is 68.1 Å². The first-order chi connectivity index (χ1) is 12.6. The molecule has 0 saturated carbocycles. The van der Waals surface area contributed by atoms with Gasteiger partial charge in [-0.05, 0) is 35.0 Å². The molecule has 6 nitrogen and oxygen atoms in total. The van der Waals surface area contributed by atoms with E-state index in [0.29, 0.717) is 24.5 Å². The van der Waals surface area contributed by atoms with E-state index in [1.165, 1.54) is 0 Å². The normalized spacial score (nSPS) is 11.3. The minimum atomic E-state index is -0.135. The summed E-state index contributed by atoms with van der Waals surface area (Å²) in [5, 5.41) is 9.74. The lowest BCUT2D eigenvalue weighted by atomic mass is 10.4. The minimum Gasteiger partial charge on any atom is -0.349 e. The Morgan fingerprint density at radius 3 is 1.65 bits per heavy atom. The van der Waals surface area contributed by atoms with Gasteiger partial charge in [0, 0.05) is 27.2 Å². The SMILES string of the molecule is Cn1c(C(=O)NCCNC(=O)c2cc3sccc3n2C)cc2sccc21. The maximum absolute atomic E-state index is 12.3. The number of rotatable bonds is 5. The molecule has 4 aromatic heterocycles. The van der Waals surface area contributed by atoms with Gasteiger partial charge in [-0.25, -0.2) is 0 Å². The molecule has 4 heterocycles. The number of nitrogens with one attached hydrogen (secondary N) is 2. The van der Waals surface area contributed by atoms with Crippen LogP contribution >= 0.6 is 22.7 Å². The molecule has 4 aromatic rings. The summed E-state index contributed by atoms with van der Waals surface area (Å²) in [5.74, 6) is -0.269. The number of aromatic nitrogens is 2.